The quantitative estimate of drug-likeness (QED) is 0.637. The summed E-state index contributed by atoms with van der Waals surface area (Å²) < 4.78 is 11.5. The first-order chi connectivity index (χ1) is 6.86. The van der Waals surface area contributed by atoms with Gasteiger partial charge in [0.2, 0.25) is 0 Å². The minimum absolute atomic E-state index is 0.00787. The van der Waals surface area contributed by atoms with E-state index in [1.165, 1.54) is 6.42 Å². The number of aliphatic hydroxyl groups excluding tert-OH is 1. The Labute approximate surface area is 84.4 Å². The molecule has 3 rings (SSSR count). The average Bonchev–Trinajstić information content (AvgIpc) is 2.57. The van der Waals surface area contributed by atoms with Crippen molar-refractivity contribution in [2.24, 2.45) is 11.8 Å². The van der Waals surface area contributed by atoms with Crippen LogP contribution in [0, 0.1) is 11.8 Å². The molecule has 3 nitrogen and oxygen atoms in total. The van der Waals surface area contributed by atoms with E-state index in [0.717, 1.165) is 32.3 Å². The van der Waals surface area contributed by atoms with Crippen molar-refractivity contribution in [3.05, 3.63) is 0 Å². The summed E-state index contributed by atoms with van der Waals surface area (Å²) in [5.41, 5.74) is 0. The number of fused-ring (bicyclic) bond motifs is 3. The van der Waals surface area contributed by atoms with E-state index in [-0.39, 0.29) is 18.5 Å². The van der Waals surface area contributed by atoms with Crippen LogP contribution >= 0.6 is 0 Å². The molecule has 0 aromatic rings. The van der Waals surface area contributed by atoms with Crippen LogP contribution in [0.15, 0.2) is 0 Å². The first-order valence-electron chi connectivity index (χ1n) is 5.81. The molecule has 3 heteroatoms. The molecule has 0 spiro atoms. The van der Waals surface area contributed by atoms with E-state index in [4.69, 9.17) is 9.47 Å². The molecule has 1 aliphatic carbocycles. The molecule has 1 saturated carbocycles. The first-order valence-corrected chi connectivity index (χ1v) is 5.81. The highest BCUT2D eigenvalue weighted by Gasteiger charge is 2.50. The lowest BCUT2D eigenvalue weighted by atomic mass is 9.76. The van der Waals surface area contributed by atoms with Gasteiger partial charge in [-0.15, -0.1) is 0 Å². The fraction of sp³-hybridized carbons (Fsp3) is 1.00. The van der Waals surface area contributed by atoms with Gasteiger partial charge in [-0.05, 0) is 32.1 Å². The molecular weight excluding hydrogens is 180 g/mol. The Kier molecular flexibility index (Phi) is 2.26. The summed E-state index contributed by atoms with van der Waals surface area (Å²) in [4.78, 5) is 0. The van der Waals surface area contributed by atoms with Crippen LogP contribution in [0.2, 0.25) is 0 Å². The van der Waals surface area contributed by atoms with E-state index in [1.54, 1.807) is 0 Å². The monoisotopic (exact) mass is 198 g/mol. The molecule has 0 radical (unpaired) electrons. The summed E-state index contributed by atoms with van der Waals surface area (Å²) in [5, 5.41) is 9.98. The summed E-state index contributed by atoms with van der Waals surface area (Å²) in [6.07, 6.45) is 5.57. The molecule has 3 aliphatic rings. The molecule has 0 aromatic heterocycles. The SMILES string of the molecule is O[C@@H]1CCC[C@@H]2O[C@H]3OCCC[C@H]3[C@H]12. The van der Waals surface area contributed by atoms with Crippen LogP contribution in [0.3, 0.4) is 0 Å². The average molecular weight is 198 g/mol. The third kappa shape index (κ3) is 1.30. The zero-order chi connectivity index (χ0) is 9.54. The Morgan fingerprint density at radius 2 is 2.00 bits per heavy atom. The molecule has 5 atom stereocenters. The summed E-state index contributed by atoms with van der Waals surface area (Å²) in [7, 11) is 0. The largest absolute Gasteiger partial charge is 0.393 e. The van der Waals surface area contributed by atoms with Crippen LogP contribution in [0.4, 0.5) is 0 Å². The van der Waals surface area contributed by atoms with E-state index in [9.17, 15) is 5.11 Å². The Balaban J connectivity index is 1.80. The molecule has 1 N–H and O–H groups in total. The number of ether oxygens (including phenoxy) is 2. The van der Waals surface area contributed by atoms with Crippen molar-refractivity contribution in [1.29, 1.82) is 0 Å². The molecular formula is C11H18O3. The van der Waals surface area contributed by atoms with Gasteiger partial charge in [-0.3, -0.25) is 0 Å². The highest BCUT2D eigenvalue weighted by Crippen LogP contribution is 2.45. The third-order valence-corrected chi connectivity index (χ3v) is 3.98. The van der Waals surface area contributed by atoms with Crippen LogP contribution in [0.5, 0.6) is 0 Å². The second kappa shape index (κ2) is 3.47. The Morgan fingerprint density at radius 1 is 1.07 bits per heavy atom. The summed E-state index contributed by atoms with van der Waals surface area (Å²) in [6, 6.07) is 0. The molecule has 0 amide bonds. The van der Waals surface area contributed by atoms with Gasteiger partial charge in [-0.2, -0.15) is 0 Å². The third-order valence-electron chi connectivity index (χ3n) is 3.98. The minimum Gasteiger partial charge on any atom is -0.393 e. The molecule has 0 bridgehead atoms. The van der Waals surface area contributed by atoms with Crippen molar-refractivity contribution < 1.29 is 14.6 Å². The molecule has 14 heavy (non-hydrogen) atoms. The van der Waals surface area contributed by atoms with Gasteiger partial charge >= 0.3 is 0 Å². The Morgan fingerprint density at radius 3 is 2.93 bits per heavy atom. The molecule has 3 fully saturated rings. The van der Waals surface area contributed by atoms with Gasteiger partial charge in [0.15, 0.2) is 6.29 Å². The lowest BCUT2D eigenvalue weighted by molar-refractivity contribution is -0.167. The lowest BCUT2D eigenvalue weighted by Crippen LogP contribution is -2.38. The van der Waals surface area contributed by atoms with Crippen molar-refractivity contribution in [2.45, 2.75) is 50.6 Å². The van der Waals surface area contributed by atoms with Gasteiger partial charge in [0.25, 0.3) is 0 Å². The van der Waals surface area contributed by atoms with Crippen LogP contribution < -0.4 is 0 Å². The summed E-state index contributed by atoms with van der Waals surface area (Å²) in [6.45, 7) is 0.830. The fourth-order valence-electron chi connectivity index (χ4n) is 3.35. The van der Waals surface area contributed by atoms with Crippen LogP contribution in [-0.2, 0) is 9.47 Å². The zero-order valence-corrected chi connectivity index (χ0v) is 8.39. The second-order valence-corrected chi connectivity index (χ2v) is 4.80. The van der Waals surface area contributed by atoms with Crippen molar-refractivity contribution in [3.63, 3.8) is 0 Å². The molecule has 2 aliphatic heterocycles. The highest BCUT2D eigenvalue weighted by atomic mass is 16.7. The number of hydrogen-bond donors (Lipinski definition) is 1. The zero-order valence-electron chi connectivity index (χ0n) is 8.39. The number of aliphatic hydroxyl groups is 1. The second-order valence-electron chi connectivity index (χ2n) is 4.80. The Bertz CT molecular complexity index is 219. The van der Waals surface area contributed by atoms with Crippen LogP contribution in [-0.4, -0.2) is 30.2 Å². The molecule has 2 saturated heterocycles. The summed E-state index contributed by atoms with van der Waals surface area (Å²) >= 11 is 0. The van der Waals surface area contributed by atoms with Crippen LogP contribution in [0.25, 0.3) is 0 Å². The maximum Gasteiger partial charge on any atom is 0.161 e. The topological polar surface area (TPSA) is 38.7 Å². The predicted molar refractivity (Wildman–Crippen MR) is 50.7 cm³/mol. The first kappa shape index (κ1) is 9.13. The fourth-order valence-corrected chi connectivity index (χ4v) is 3.35. The standard InChI is InChI=1S/C11H18O3/c12-8-4-1-5-9-10(8)7-3-2-6-13-11(7)14-9/h7-12H,1-6H2/t7-,8+,9-,10+,11+/m0/s1. The molecule has 2 heterocycles. The van der Waals surface area contributed by atoms with Gasteiger partial charge in [0, 0.05) is 18.4 Å². The van der Waals surface area contributed by atoms with Gasteiger partial charge < -0.3 is 14.6 Å². The molecule has 0 unspecified atom stereocenters. The van der Waals surface area contributed by atoms with Crippen LogP contribution in [0.1, 0.15) is 32.1 Å². The minimum atomic E-state index is -0.148. The van der Waals surface area contributed by atoms with E-state index >= 15 is 0 Å². The van der Waals surface area contributed by atoms with Gasteiger partial charge in [-0.1, -0.05) is 0 Å². The highest BCUT2D eigenvalue weighted by molar-refractivity contribution is 4.94. The van der Waals surface area contributed by atoms with Crippen molar-refractivity contribution in [3.8, 4) is 0 Å². The van der Waals surface area contributed by atoms with E-state index in [1.807, 2.05) is 0 Å². The Hall–Kier alpha value is -0.120. The summed E-state index contributed by atoms with van der Waals surface area (Å²) in [5.74, 6) is 0.818. The number of rotatable bonds is 0. The van der Waals surface area contributed by atoms with Crippen molar-refractivity contribution in [1.82, 2.24) is 0 Å². The van der Waals surface area contributed by atoms with Gasteiger partial charge in [0.05, 0.1) is 12.2 Å². The van der Waals surface area contributed by atoms with Gasteiger partial charge in [0.1, 0.15) is 0 Å². The maximum absolute atomic E-state index is 9.98. The van der Waals surface area contributed by atoms with Crippen molar-refractivity contribution >= 4 is 0 Å². The van der Waals surface area contributed by atoms with E-state index < -0.39 is 0 Å². The predicted octanol–water partition coefficient (Wildman–Crippen LogP) is 1.30. The van der Waals surface area contributed by atoms with E-state index in [0.29, 0.717) is 11.8 Å². The van der Waals surface area contributed by atoms with Crippen molar-refractivity contribution in [2.75, 3.05) is 6.61 Å². The smallest absolute Gasteiger partial charge is 0.161 e. The number of hydrogen-bond acceptors (Lipinski definition) is 3. The molecule has 80 valence electrons. The lowest BCUT2D eigenvalue weighted by Gasteiger charge is -2.33. The normalized spacial score (nSPS) is 52.5. The molecule has 0 aromatic carbocycles. The van der Waals surface area contributed by atoms with E-state index in [2.05, 4.69) is 0 Å². The maximum atomic E-state index is 9.98. The van der Waals surface area contributed by atoms with Gasteiger partial charge in [-0.25, -0.2) is 0 Å².